The van der Waals surface area contributed by atoms with Gasteiger partial charge in [-0.05, 0) is 25.5 Å². The molecular weight excluding hydrogens is 294 g/mol. The highest BCUT2D eigenvalue weighted by Crippen LogP contribution is 2.16. The third-order valence-corrected chi connectivity index (χ3v) is 3.88. The number of nitrogens with one attached hydrogen (secondary N) is 2. The van der Waals surface area contributed by atoms with E-state index in [0.29, 0.717) is 18.8 Å². The van der Waals surface area contributed by atoms with Crippen molar-refractivity contribution in [3.05, 3.63) is 42.1 Å². The maximum atomic E-state index is 12.1. The Labute approximate surface area is 134 Å². The van der Waals surface area contributed by atoms with Gasteiger partial charge in [-0.2, -0.15) is 0 Å². The van der Waals surface area contributed by atoms with Crippen LogP contribution in [0, 0.1) is 6.92 Å². The van der Waals surface area contributed by atoms with Crippen LogP contribution >= 0.6 is 0 Å². The molecule has 1 fully saturated rings. The quantitative estimate of drug-likeness (QED) is 0.902. The van der Waals surface area contributed by atoms with Crippen LogP contribution in [-0.2, 0) is 4.79 Å². The van der Waals surface area contributed by atoms with E-state index in [-0.39, 0.29) is 5.91 Å². The van der Waals surface area contributed by atoms with Crippen molar-refractivity contribution in [2.75, 3.05) is 18.9 Å². The minimum absolute atomic E-state index is 0.0633. The monoisotopic (exact) mass is 313 g/mol. The summed E-state index contributed by atoms with van der Waals surface area (Å²) in [6, 6.07) is 8.77. The number of hydrogen-bond donors (Lipinski definition) is 2. The van der Waals surface area contributed by atoms with Crippen LogP contribution in [0.3, 0.4) is 0 Å². The van der Waals surface area contributed by atoms with Crippen molar-refractivity contribution in [3.63, 3.8) is 0 Å². The smallest absolute Gasteiger partial charge is 0.321 e. The van der Waals surface area contributed by atoms with Crippen molar-refractivity contribution in [1.29, 1.82) is 0 Å². The number of carbonyl (C=O) groups is 2. The maximum Gasteiger partial charge on any atom is 0.321 e. The zero-order valence-corrected chi connectivity index (χ0v) is 13.1. The molecule has 1 atom stereocenters. The van der Waals surface area contributed by atoms with Crippen molar-refractivity contribution in [3.8, 4) is 5.69 Å². The molecule has 2 N–H and O–H groups in total. The summed E-state index contributed by atoms with van der Waals surface area (Å²) in [5.74, 6) is 0.414. The first-order valence-corrected chi connectivity index (χ1v) is 7.49. The van der Waals surface area contributed by atoms with Crippen molar-refractivity contribution in [1.82, 2.24) is 20.0 Å². The average Bonchev–Trinajstić information content (AvgIpc) is 3.06. The van der Waals surface area contributed by atoms with E-state index >= 15 is 0 Å². The van der Waals surface area contributed by atoms with Crippen molar-refractivity contribution >= 4 is 17.8 Å². The lowest BCUT2D eigenvalue weighted by molar-refractivity contribution is -0.128. The lowest BCUT2D eigenvalue weighted by Gasteiger charge is -2.12. The van der Waals surface area contributed by atoms with Crippen LogP contribution in [0.4, 0.5) is 10.6 Å². The van der Waals surface area contributed by atoms with Gasteiger partial charge >= 0.3 is 6.03 Å². The van der Waals surface area contributed by atoms with Gasteiger partial charge < -0.3 is 10.2 Å². The Hall–Kier alpha value is -2.83. The van der Waals surface area contributed by atoms with E-state index in [4.69, 9.17) is 0 Å². The average molecular weight is 313 g/mol. The molecule has 1 aromatic carbocycles. The molecule has 2 aromatic rings. The topological polar surface area (TPSA) is 79.3 Å². The highest BCUT2D eigenvalue weighted by Gasteiger charge is 2.30. The number of likely N-dealkylation sites (tertiary alicyclic amines) is 1. The first-order chi connectivity index (χ1) is 11.0. The molecule has 7 nitrogen and oxygen atoms in total. The molecule has 0 saturated carbocycles. The normalized spacial score (nSPS) is 17.4. The Morgan fingerprint density at radius 2 is 2.04 bits per heavy atom. The second kappa shape index (κ2) is 6.12. The molecule has 0 radical (unpaired) electrons. The van der Waals surface area contributed by atoms with E-state index in [9.17, 15) is 9.59 Å². The van der Waals surface area contributed by atoms with Crippen LogP contribution < -0.4 is 10.6 Å². The molecule has 0 aliphatic carbocycles. The fourth-order valence-corrected chi connectivity index (χ4v) is 2.55. The third kappa shape index (κ3) is 3.18. The second-order valence-corrected chi connectivity index (χ2v) is 5.64. The Bertz CT molecular complexity index is 725. The van der Waals surface area contributed by atoms with Gasteiger partial charge in [-0.15, -0.1) is 5.10 Å². The molecule has 1 aliphatic heterocycles. The van der Waals surface area contributed by atoms with Crippen LogP contribution in [0.5, 0.6) is 0 Å². The summed E-state index contributed by atoms with van der Waals surface area (Å²) in [6.07, 6.45) is 2.47. The summed E-state index contributed by atoms with van der Waals surface area (Å²) in [4.78, 5) is 25.5. The van der Waals surface area contributed by atoms with Gasteiger partial charge in [0.25, 0.3) is 0 Å². The summed E-state index contributed by atoms with van der Waals surface area (Å²) in [6.45, 7) is 2.53. The SMILES string of the molecule is Cc1cn(-c2ccccc2)nc1NC(=O)N[C@H]1CCN(C)C1=O. The molecule has 7 heteroatoms. The number of carbonyl (C=O) groups excluding carboxylic acids is 2. The fourth-order valence-electron chi connectivity index (χ4n) is 2.55. The number of rotatable bonds is 3. The van der Waals surface area contributed by atoms with Crippen LogP contribution in [0.1, 0.15) is 12.0 Å². The fraction of sp³-hybridized carbons (Fsp3) is 0.312. The highest BCUT2D eigenvalue weighted by atomic mass is 16.2. The number of hydrogen-bond acceptors (Lipinski definition) is 3. The summed E-state index contributed by atoms with van der Waals surface area (Å²) in [5, 5.41) is 9.78. The number of likely N-dealkylation sites (N-methyl/N-ethyl adjacent to an activating group) is 1. The van der Waals surface area contributed by atoms with Crippen molar-refractivity contribution in [2.45, 2.75) is 19.4 Å². The summed E-state index contributed by atoms with van der Waals surface area (Å²) in [5.41, 5.74) is 1.76. The van der Waals surface area contributed by atoms with Gasteiger partial charge in [0.2, 0.25) is 5.91 Å². The van der Waals surface area contributed by atoms with Crippen LogP contribution in [-0.4, -0.2) is 46.3 Å². The van der Waals surface area contributed by atoms with Gasteiger partial charge in [0, 0.05) is 25.4 Å². The Morgan fingerprint density at radius 3 is 2.70 bits per heavy atom. The molecule has 0 bridgehead atoms. The molecule has 0 unspecified atom stereocenters. The van der Waals surface area contributed by atoms with Gasteiger partial charge in [-0.1, -0.05) is 18.2 Å². The molecule has 2 heterocycles. The predicted molar refractivity (Wildman–Crippen MR) is 86.5 cm³/mol. The number of nitrogens with zero attached hydrogens (tertiary/aromatic N) is 3. The number of anilines is 1. The van der Waals surface area contributed by atoms with E-state index in [1.807, 2.05) is 43.5 Å². The third-order valence-electron chi connectivity index (χ3n) is 3.88. The molecule has 1 aromatic heterocycles. The largest absolute Gasteiger partial charge is 0.344 e. The predicted octanol–water partition coefficient (Wildman–Crippen LogP) is 1.53. The van der Waals surface area contributed by atoms with E-state index in [2.05, 4.69) is 15.7 Å². The lowest BCUT2D eigenvalue weighted by atomic mass is 10.2. The molecule has 23 heavy (non-hydrogen) atoms. The van der Waals surface area contributed by atoms with Gasteiger partial charge in [-0.25, -0.2) is 9.48 Å². The first-order valence-electron chi connectivity index (χ1n) is 7.49. The van der Waals surface area contributed by atoms with Gasteiger partial charge in [-0.3, -0.25) is 10.1 Å². The zero-order valence-electron chi connectivity index (χ0n) is 13.1. The van der Waals surface area contributed by atoms with Crippen LogP contribution in [0.15, 0.2) is 36.5 Å². The van der Waals surface area contributed by atoms with Gasteiger partial charge in [0.1, 0.15) is 6.04 Å². The number of para-hydroxylation sites is 1. The highest BCUT2D eigenvalue weighted by molar-refractivity contribution is 5.94. The second-order valence-electron chi connectivity index (χ2n) is 5.64. The van der Waals surface area contributed by atoms with Gasteiger partial charge in [0.15, 0.2) is 5.82 Å². The standard InChI is InChI=1S/C16H19N5O2/c1-11-10-21(12-6-4-3-5-7-12)19-14(11)18-16(23)17-13-8-9-20(2)15(13)22/h3-7,10,13H,8-9H2,1-2H3,(H2,17,18,19,23)/t13-/m0/s1. The van der Waals surface area contributed by atoms with Crippen molar-refractivity contribution in [2.24, 2.45) is 0 Å². The minimum Gasteiger partial charge on any atom is -0.344 e. The lowest BCUT2D eigenvalue weighted by Crippen LogP contribution is -2.42. The van der Waals surface area contributed by atoms with E-state index in [1.54, 1.807) is 16.6 Å². The molecule has 0 spiro atoms. The number of urea groups is 1. The molecule has 120 valence electrons. The molecular formula is C16H19N5O2. The number of benzene rings is 1. The van der Waals surface area contributed by atoms with E-state index in [1.165, 1.54) is 0 Å². The number of aromatic nitrogens is 2. The Balaban J connectivity index is 1.67. The molecule has 1 aliphatic rings. The summed E-state index contributed by atoms with van der Waals surface area (Å²) >= 11 is 0. The van der Waals surface area contributed by atoms with E-state index < -0.39 is 12.1 Å². The van der Waals surface area contributed by atoms with Gasteiger partial charge in [0.05, 0.1) is 5.69 Å². The number of amides is 3. The van der Waals surface area contributed by atoms with Crippen LogP contribution in [0.2, 0.25) is 0 Å². The number of aryl methyl sites for hydroxylation is 1. The minimum atomic E-state index is -0.462. The molecule has 3 amide bonds. The van der Waals surface area contributed by atoms with Crippen molar-refractivity contribution < 1.29 is 9.59 Å². The Morgan fingerprint density at radius 1 is 1.30 bits per heavy atom. The summed E-state index contributed by atoms with van der Waals surface area (Å²) < 4.78 is 1.71. The van der Waals surface area contributed by atoms with E-state index in [0.717, 1.165) is 11.3 Å². The zero-order chi connectivity index (χ0) is 16.4. The first kappa shape index (κ1) is 15.1. The molecule has 1 saturated heterocycles. The molecule has 3 rings (SSSR count). The Kier molecular flexibility index (Phi) is 4.01. The maximum absolute atomic E-state index is 12.1. The van der Waals surface area contributed by atoms with Crippen LogP contribution in [0.25, 0.3) is 5.69 Å². The summed E-state index contributed by atoms with van der Waals surface area (Å²) in [7, 11) is 1.73.